The first-order valence-electron chi connectivity index (χ1n) is 7.34. The van der Waals surface area contributed by atoms with Crippen LogP contribution in [0.3, 0.4) is 0 Å². The van der Waals surface area contributed by atoms with Crippen LogP contribution in [0.25, 0.3) is 0 Å². The first kappa shape index (κ1) is 16.0. The highest BCUT2D eigenvalue weighted by molar-refractivity contribution is 5.96. The molecular formula is C18H22N2O2. The van der Waals surface area contributed by atoms with E-state index in [0.29, 0.717) is 0 Å². The van der Waals surface area contributed by atoms with Gasteiger partial charge in [-0.2, -0.15) is 0 Å². The molecule has 2 aromatic rings. The van der Waals surface area contributed by atoms with E-state index in [1.54, 1.807) is 0 Å². The van der Waals surface area contributed by atoms with Crippen LogP contribution in [0.4, 0.5) is 11.4 Å². The van der Waals surface area contributed by atoms with Crippen LogP contribution < -0.4 is 10.6 Å². The van der Waals surface area contributed by atoms with E-state index in [-0.39, 0.29) is 18.6 Å². The van der Waals surface area contributed by atoms with Crippen molar-refractivity contribution in [2.75, 3.05) is 10.6 Å². The second-order valence-electron chi connectivity index (χ2n) is 5.46. The third-order valence-electron chi connectivity index (χ3n) is 3.75. The lowest BCUT2D eigenvalue weighted by atomic mass is 10.1. The molecule has 0 aliphatic heterocycles. The lowest BCUT2D eigenvalue weighted by Gasteiger charge is -2.17. The fourth-order valence-corrected chi connectivity index (χ4v) is 2.20. The Hall–Kier alpha value is -2.33. The predicted octanol–water partition coefficient (Wildman–Crippen LogP) is 3.23. The molecule has 2 aromatic carbocycles. The fourth-order valence-electron chi connectivity index (χ4n) is 2.20. The van der Waals surface area contributed by atoms with Gasteiger partial charge in [0, 0.05) is 11.4 Å². The van der Waals surface area contributed by atoms with Crippen LogP contribution in [0.5, 0.6) is 0 Å². The first-order chi connectivity index (χ1) is 10.5. The van der Waals surface area contributed by atoms with Crippen molar-refractivity contribution in [3.05, 3.63) is 59.2 Å². The lowest BCUT2D eigenvalue weighted by molar-refractivity contribution is -0.116. The van der Waals surface area contributed by atoms with Crippen molar-refractivity contribution in [2.24, 2.45) is 0 Å². The number of nitrogens with one attached hydrogen (secondary N) is 2. The Kier molecular flexibility index (Phi) is 5.17. The summed E-state index contributed by atoms with van der Waals surface area (Å²) in [5.74, 6) is -0.0944. The molecular weight excluding hydrogens is 276 g/mol. The van der Waals surface area contributed by atoms with Crippen molar-refractivity contribution in [1.29, 1.82) is 0 Å². The average Bonchev–Trinajstić information content (AvgIpc) is 2.52. The number of rotatable bonds is 5. The van der Waals surface area contributed by atoms with Crippen molar-refractivity contribution >= 4 is 17.3 Å². The Morgan fingerprint density at radius 1 is 1.18 bits per heavy atom. The molecule has 0 spiro atoms. The summed E-state index contributed by atoms with van der Waals surface area (Å²) in [6, 6.07) is 12.9. The summed E-state index contributed by atoms with van der Waals surface area (Å²) < 4.78 is 0. The number of amides is 1. The summed E-state index contributed by atoms with van der Waals surface area (Å²) in [6.07, 6.45) is 0. The SMILES string of the molecule is Cc1cccc(NC(=O)C(C)Nc2cccc(CO)c2)c1C. The molecule has 3 N–H and O–H groups in total. The van der Waals surface area contributed by atoms with Gasteiger partial charge in [0.2, 0.25) is 5.91 Å². The molecule has 116 valence electrons. The number of carbonyl (C=O) groups excluding carboxylic acids is 1. The zero-order valence-corrected chi connectivity index (χ0v) is 13.2. The van der Waals surface area contributed by atoms with E-state index in [1.807, 2.05) is 63.2 Å². The second kappa shape index (κ2) is 7.09. The van der Waals surface area contributed by atoms with E-state index >= 15 is 0 Å². The molecule has 22 heavy (non-hydrogen) atoms. The van der Waals surface area contributed by atoms with Crippen LogP contribution in [-0.4, -0.2) is 17.1 Å². The summed E-state index contributed by atoms with van der Waals surface area (Å²) >= 11 is 0. The van der Waals surface area contributed by atoms with E-state index in [2.05, 4.69) is 10.6 Å². The molecule has 0 aliphatic carbocycles. The molecule has 1 unspecified atom stereocenters. The second-order valence-corrected chi connectivity index (χ2v) is 5.46. The van der Waals surface area contributed by atoms with Crippen LogP contribution in [-0.2, 0) is 11.4 Å². The van der Waals surface area contributed by atoms with Gasteiger partial charge < -0.3 is 15.7 Å². The largest absolute Gasteiger partial charge is 0.392 e. The van der Waals surface area contributed by atoms with Crippen LogP contribution >= 0.6 is 0 Å². The molecule has 0 radical (unpaired) electrons. The normalized spacial score (nSPS) is 11.8. The fraction of sp³-hybridized carbons (Fsp3) is 0.278. The number of aryl methyl sites for hydroxylation is 1. The number of aliphatic hydroxyl groups excluding tert-OH is 1. The molecule has 0 saturated carbocycles. The zero-order valence-electron chi connectivity index (χ0n) is 13.2. The molecule has 0 aromatic heterocycles. The highest BCUT2D eigenvalue weighted by Gasteiger charge is 2.14. The maximum absolute atomic E-state index is 12.3. The quantitative estimate of drug-likeness (QED) is 0.794. The summed E-state index contributed by atoms with van der Waals surface area (Å²) in [5, 5.41) is 15.2. The van der Waals surface area contributed by atoms with E-state index in [1.165, 1.54) is 0 Å². The molecule has 0 aliphatic rings. The highest BCUT2D eigenvalue weighted by Crippen LogP contribution is 2.19. The number of hydrogen-bond acceptors (Lipinski definition) is 3. The van der Waals surface area contributed by atoms with Crippen LogP contribution in [0.2, 0.25) is 0 Å². The van der Waals surface area contributed by atoms with Gasteiger partial charge in [-0.25, -0.2) is 0 Å². The van der Waals surface area contributed by atoms with Gasteiger partial charge in [-0.15, -0.1) is 0 Å². The van der Waals surface area contributed by atoms with Crippen molar-refractivity contribution in [2.45, 2.75) is 33.4 Å². The molecule has 0 fully saturated rings. The lowest BCUT2D eigenvalue weighted by Crippen LogP contribution is -2.32. The zero-order chi connectivity index (χ0) is 16.1. The molecule has 4 heteroatoms. The monoisotopic (exact) mass is 298 g/mol. The summed E-state index contributed by atoms with van der Waals surface area (Å²) in [5.41, 5.74) is 4.68. The molecule has 2 rings (SSSR count). The Morgan fingerprint density at radius 2 is 1.91 bits per heavy atom. The van der Waals surface area contributed by atoms with Gasteiger partial charge in [-0.1, -0.05) is 24.3 Å². The van der Waals surface area contributed by atoms with Crippen LogP contribution in [0.1, 0.15) is 23.6 Å². The van der Waals surface area contributed by atoms with Crippen LogP contribution in [0.15, 0.2) is 42.5 Å². The standard InChI is InChI=1S/C18H22N2O2/c1-12-6-4-9-17(13(12)2)20-18(22)14(3)19-16-8-5-7-15(10-16)11-21/h4-10,14,19,21H,11H2,1-3H3,(H,20,22). The molecule has 1 amide bonds. The summed E-state index contributed by atoms with van der Waals surface area (Å²) in [4.78, 5) is 12.3. The number of benzene rings is 2. The van der Waals surface area contributed by atoms with Gasteiger partial charge in [0.25, 0.3) is 0 Å². The minimum Gasteiger partial charge on any atom is -0.392 e. The highest BCUT2D eigenvalue weighted by atomic mass is 16.3. The molecule has 0 heterocycles. The minimum absolute atomic E-state index is 0.0153. The van der Waals surface area contributed by atoms with Gasteiger partial charge in [0.1, 0.15) is 6.04 Å². The smallest absolute Gasteiger partial charge is 0.246 e. The van der Waals surface area contributed by atoms with E-state index in [9.17, 15) is 4.79 Å². The number of hydrogen-bond donors (Lipinski definition) is 3. The van der Waals surface area contributed by atoms with Gasteiger partial charge in [0.15, 0.2) is 0 Å². The summed E-state index contributed by atoms with van der Waals surface area (Å²) in [7, 11) is 0. The van der Waals surface area contributed by atoms with Crippen molar-refractivity contribution in [3.8, 4) is 0 Å². The number of aliphatic hydroxyl groups is 1. The summed E-state index contributed by atoms with van der Waals surface area (Å²) in [6.45, 7) is 5.81. The Bertz CT molecular complexity index is 668. The van der Waals surface area contributed by atoms with Crippen molar-refractivity contribution in [1.82, 2.24) is 0 Å². The van der Waals surface area contributed by atoms with Gasteiger partial charge in [-0.05, 0) is 55.7 Å². The number of carbonyl (C=O) groups is 1. The number of anilines is 2. The average molecular weight is 298 g/mol. The van der Waals surface area contributed by atoms with Crippen LogP contribution in [0, 0.1) is 13.8 Å². The van der Waals surface area contributed by atoms with E-state index in [4.69, 9.17) is 5.11 Å². The molecule has 0 bridgehead atoms. The topological polar surface area (TPSA) is 61.4 Å². The molecule has 0 saturated heterocycles. The Balaban J connectivity index is 2.04. The minimum atomic E-state index is -0.381. The Morgan fingerprint density at radius 3 is 2.64 bits per heavy atom. The predicted molar refractivity (Wildman–Crippen MR) is 90.0 cm³/mol. The molecule has 4 nitrogen and oxygen atoms in total. The Labute approximate surface area is 131 Å². The first-order valence-corrected chi connectivity index (χ1v) is 7.34. The van der Waals surface area contributed by atoms with Crippen molar-refractivity contribution in [3.63, 3.8) is 0 Å². The van der Waals surface area contributed by atoms with Gasteiger partial charge in [-0.3, -0.25) is 4.79 Å². The van der Waals surface area contributed by atoms with E-state index < -0.39 is 0 Å². The third kappa shape index (κ3) is 3.86. The maximum atomic E-state index is 12.3. The van der Waals surface area contributed by atoms with Crippen molar-refractivity contribution < 1.29 is 9.90 Å². The van der Waals surface area contributed by atoms with E-state index in [0.717, 1.165) is 28.1 Å². The maximum Gasteiger partial charge on any atom is 0.246 e. The van der Waals surface area contributed by atoms with Gasteiger partial charge in [0.05, 0.1) is 6.61 Å². The molecule has 1 atom stereocenters. The third-order valence-corrected chi connectivity index (χ3v) is 3.75. The van der Waals surface area contributed by atoms with Gasteiger partial charge >= 0.3 is 0 Å².